The molecule has 24 heavy (non-hydrogen) atoms. The Morgan fingerprint density at radius 3 is 2.42 bits per heavy atom. The third-order valence-electron chi connectivity index (χ3n) is 4.12. The van der Waals surface area contributed by atoms with E-state index >= 15 is 0 Å². The molecule has 2 aromatic carbocycles. The van der Waals surface area contributed by atoms with Gasteiger partial charge in [-0.25, -0.2) is 4.79 Å². The van der Waals surface area contributed by atoms with Crippen molar-refractivity contribution in [1.82, 2.24) is 10.6 Å². The molecule has 2 N–H and O–H groups in total. The second-order valence-electron chi connectivity index (χ2n) is 5.80. The summed E-state index contributed by atoms with van der Waals surface area (Å²) >= 11 is 0. The molecule has 2 aromatic rings. The monoisotopic (exact) mass is 323 g/mol. The van der Waals surface area contributed by atoms with Gasteiger partial charge in [-0.1, -0.05) is 48.5 Å². The molecule has 1 fully saturated rings. The smallest absolute Gasteiger partial charge is 0.315 e. The van der Waals surface area contributed by atoms with Gasteiger partial charge in [-0.05, 0) is 30.5 Å². The molecule has 1 atom stereocenters. The minimum Gasteiger partial charge on any atom is -0.338 e. The van der Waals surface area contributed by atoms with Crippen LogP contribution in [0.2, 0.25) is 0 Å². The fourth-order valence-corrected chi connectivity index (χ4v) is 2.85. The number of carbonyl (C=O) groups excluding carboxylic acids is 2. The van der Waals surface area contributed by atoms with Gasteiger partial charge < -0.3 is 15.5 Å². The number of anilines is 1. The van der Waals surface area contributed by atoms with Gasteiger partial charge >= 0.3 is 6.03 Å². The van der Waals surface area contributed by atoms with E-state index in [0.717, 1.165) is 12.1 Å². The number of nitrogens with zero attached hydrogens (tertiary/aromatic N) is 1. The summed E-state index contributed by atoms with van der Waals surface area (Å²) in [6.45, 7) is 1.16. The molecule has 1 heterocycles. The van der Waals surface area contributed by atoms with E-state index in [1.807, 2.05) is 60.7 Å². The summed E-state index contributed by atoms with van der Waals surface area (Å²) in [5, 5.41) is 5.59. The average molecular weight is 323 g/mol. The standard InChI is InChI=1S/C19H21N3O2/c23-18-17(12-14-22(18)16-9-5-2-6-10-16)21-19(24)20-13-11-15-7-3-1-4-8-15/h1-10,17H,11-14H2,(H2,20,21,24)/t17-/m0/s1. The van der Waals surface area contributed by atoms with Crippen molar-refractivity contribution >= 4 is 17.6 Å². The molecule has 0 spiro atoms. The van der Waals surface area contributed by atoms with Gasteiger partial charge in [-0.15, -0.1) is 0 Å². The van der Waals surface area contributed by atoms with Crippen LogP contribution < -0.4 is 15.5 Å². The topological polar surface area (TPSA) is 61.4 Å². The average Bonchev–Trinajstić information content (AvgIpc) is 2.97. The number of nitrogens with one attached hydrogen (secondary N) is 2. The van der Waals surface area contributed by atoms with Gasteiger partial charge in [-0.2, -0.15) is 0 Å². The normalized spacial score (nSPS) is 16.9. The highest BCUT2D eigenvalue weighted by atomic mass is 16.2. The summed E-state index contributed by atoms with van der Waals surface area (Å²) in [6.07, 6.45) is 1.39. The Kier molecular flexibility index (Phi) is 5.11. The summed E-state index contributed by atoms with van der Waals surface area (Å²) in [6, 6.07) is 18.7. The molecule has 5 heteroatoms. The molecule has 124 valence electrons. The minimum atomic E-state index is -0.457. The van der Waals surface area contributed by atoms with Crippen molar-refractivity contribution in [1.29, 1.82) is 0 Å². The number of hydrogen-bond acceptors (Lipinski definition) is 2. The highest BCUT2D eigenvalue weighted by Crippen LogP contribution is 2.20. The van der Waals surface area contributed by atoms with Crippen molar-refractivity contribution in [2.24, 2.45) is 0 Å². The van der Waals surface area contributed by atoms with Crippen molar-refractivity contribution in [2.75, 3.05) is 18.0 Å². The van der Waals surface area contributed by atoms with Crippen LogP contribution in [0.1, 0.15) is 12.0 Å². The van der Waals surface area contributed by atoms with Gasteiger partial charge in [0.2, 0.25) is 5.91 Å². The second-order valence-corrected chi connectivity index (χ2v) is 5.80. The molecule has 0 aliphatic carbocycles. The van der Waals surface area contributed by atoms with Crippen LogP contribution in [0.5, 0.6) is 0 Å². The molecule has 1 aliphatic heterocycles. The quantitative estimate of drug-likeness (QED) is 0.887. The third-order valence-corrected chi connectivity index (χ3v) is 4.12. The highest BCUT2D eigenvalue weighted by molar-refractivity contribution is 6.01. The molecule has 1 saturated heterocycles. The SMILES string of the molecule is O=C(NCCc1ccccc1)N[C@H]1CCN(c2ccccc2)C1=O. The lowest BCUT2D eigenvalue weighted by atomic mass is 10.1. The first-order chi connectivity index (χ1) is 11.7. The van der Waals surface area contributed by atoms with E-state index in [-0.39, 0.29) is 11.9 Å². The fraction of sp³-hybridized carbons (Fsp3) is 0.263. The van der Waals surface area contributed by atoms with E-state index < -0.39 is 6.04 Å². The molecule has 0 bridgehead atoms. The molecule has 3 amide bonds. The molecule has 5 nitrogen and oxygen atoms in total. The van der Waals surface area contributed by atoms with Crippen molar-refractivity contribution in [3.8, 4) is 0 Å². The van der Waals surface area contributed by atoms with Crippen LogP contribution in [0.4, 0.5) is 10.5 Å². The van der Waals surface area contributed by atoms with Crippen LogP contribution in [0.3, 0.4) is 0 Å². The molecule has 0 saturated carbocycles. The van der Waals surface area contributed by atoms with E-state index in [2.05, 4.69) is 10.6 Å². The predicted molar refractivity (Wildman–Crippen MR) is 93.9 cm³/mol. The lowest BCUT2D eigenvalue weighted by molar-refractivity contribution is -0.118. The Labute approximate surface area is 141 Å². The highest BCUT2D eigenvalue weighted by Gasteiger charge is 2.33. The molecule has 1 aliphatic rings. The molecule has 3 rings (SSSR count). The fourth-order valence-electron chi connectivity index (χ4n) is 2.85. The van der Waals surface area contributed by atoms with Gasteiger partial charge in [0.25, 0.3) is 0 Å². The van der Waals surface area contributed by atoms with Gasteiger partial charge in [0, 0.05) is 18.8 Å². The summed E-state index contributed by atoms with van der Waals surface area (Å²) in [5.74, 6) is -0.0561. The van der Waals surface area contributed by atoms with Gasteiger partial charge in [-0.3, -0.25) is 4.79 Å². The van der Waals surface area contributed by atoms with E-state index in [9.17, 15) is 9.59 Å². The zero-order valence-electron chi connectivity index (χ0n) is 13.4. The largest absolute Gasteiger partial charge is 0.338 e. The van der Waals surface area contributed by atoms with E-state index in [1.54, 1.807) is 4.90 Å². The Balaban J connectivity index is 1.46. The summed E-state index contributed by atoms with van der Waals surface area (Å²) < 4.78 is 0. The lowest BCUT2D eigenvalue weighted by Gasteiger charge is -2.17. The van der Waals surface area contributed by atoms with Crippen LogP contribution in [0.15, 0.2) is 60.7 Å². The number of urea groups is 1. The van der Waals surface area contributed by atoms with Crippen LogP contribution in [-0.2, 0) is 11.2 Å². The summed E-state index contributed by atoms with van der Waals surface area (Å²) in [7, 11) is 0. The summed E-state index contributed by atoms with van der Waals surface area (Å²) in [4.78, 5) is 26.1. The Bertz CT molecular complexity index is 688. The molecular formula is C19H21N3O2. The molecular weight excluding hydrogens is 302 g/mol. The van der Waals surface area contributed by atoms with Gasteiger partial charge in [0.05, 0.1) is 0 Å². The van der Waals surface area contributed by atoms with Crippen LogP contribution in [0.25, 0.3) is 0 Å². The van der Waals surface area contributed by atoms with E-state index in [1.165, 1.54) is 5.56 Å². The number of hydrogen-bond donors (Lipinski definition) is 2. The molecule has 0 radical (unpaired) electrons. The second kappa shape index (κ2) is 7.64. The van der Waals surface area contributed by atoms with Crippen LogP contribution in [-0.4, -0.2) is 31.1 Å². The zero-order chi connectivity index (χ0) is 16.8. The van der Waals surface area contributed by atoms with Crippen LogP contribution >= 0.6 is 0 Å². The van der Waals surface area contributed by atoms with Crippen molar-refractivity contribution in [3.63, 3.8) is 0 Å². The number of benzene rings is 2. The summed E-state index contributed by atoms with van der Waals surface area (Å²) in [5.41, 5.74) is 2.04. The van der Waals surface area contributed by atoms with Gasteiger partial charge in [0.1, 0.15) is 6.04 Å². The predicted octanol–water partition coefficient (Wildman–Crippen LogP) is 2.33. The maximum Gasteiger partial charge on any atom is 0.315 e. The Morgan fingerprint density at radius 1 is 1.04 bits per heavy atom. The number of para-hydroxylation sites is 1. The van der Waals surface area contributed by atoms with E-state index in [4.69, 9.17) is 0 Å². The van der Waals surface area contributed by atoms with Crippen molar-refractivity contribution < 1.29 is 9.59 Å². The minimum absolute atomic E-state index is 0.0561. The maximum atomic E-state index is 12.4. The molecule has 0 aromatic heterocycles. The first kappa shape index (κ1) is 16.1. The lowest BCUT2D eigenvalue weighted by Crippen LogP contribution is -2.46. The van der Waals surface area contributed by atoms with Crippen molar-refractivity contribution in [2.45, 2.75) is 18.9 Å². The zero-order valence-corrected chi connectivity index (χ0v) is 13.4. The van der Waals surface area contributed by atoms with Crippen molar-refractivity contribution in [3.05, 3.63) is 66.2 Å². The number of amides is 3. The first-order valence-corrected chi connectivity index (χ1v) is 8.19. The number of rotatable bonds is 5. The Morgan fingerprint density at radius 2 is 1.71 bits per heavy atom. The first-order valence-electron chi connectivity index (χ1n) is 8.19. The van der Waals surface area contributed by atoms with Crippen LogP contribution in [0, 0.1) is 0 Å². The maximum absolute atomic E-state index is 12.4. The van der Waals surface area contributed by atoms with E-state index in [0.29, 0.717) is 19.5 Å². The Hall–Kier alpha value is -2.82. The molecule has 0 unspecified atom stereocenters. The third kappa shape index (κ3) is 3.93. The number of carbonyl (C=O) groups is 2. The van der Waals surface area contributed by atoms with Gasteiger partial charge in [0.15, 0.2) is 0 Å².